The van der Waals surface area contributed by atoms with Crippen LogP contribution in [-0.4, -0.2) is 62.0 Å². The molecule has 1 N–H and O–H groups in total. The highest BCUT2D eigenvalue weighted by molar-refractivity contribution is 5.52. The van der Waals surface area contributed by atoms with Crippen LogP contribution in [0.4, 0.5) is 24.8 Å². The highest BCUT2D eigenvalue weighted by atomic mass is 19.4. The second-order valence-electron chi connectivity index (χ2n) is 7.53. The molecule has 9 nitrogen and oxygen atoms in total. The minimum Gasteiger partial charge on any atom is -0.353 e. The molecule has 0 aromatic carbocycles. The average molecular weight is 433 g/mol. The van der Waals surface area contributed by atoms with Crippen LogP contribution in [0.3, 0.4) is 0 Å². The van der Waals surface area contributed by atoms with Gasteiger partial charge in [0.15, 0.2) is 11.6 Å². The number of anilines is 2. The van der Waals surface area contributed by atoms with E-state index in [0.717, 1.165) is 34.9 Å². The van der Waals surface area contributed by atoms with Crippen molar-refractivity contribution in [2.75, 3.05) is 36.0 Å². The molecule has 4 rings (SSSR count). The molecule has 0 bridgehead atoms. The van der Waals surface area contributed by atoms with Crippen LogP contribution >= 0.6 is 0 Å². The van der Waals surface area contributed by atoms with Crippen molar-refractivity contribution in [3.05, 3.63) is 46.5 Å². The van der Waals surface area contributed by atoms with E-state index in [2.05, 4.69) is 40.7 Å². The quantitative estimate of drug-likeness (QED) is 0.670. The summed E-state index contributed by atoms with van der Waals surface area (Å²) in [6.07, 6.45) is -3.50. The maximum absolute atomic E-state index is 12.7. The third-order valence-electron chi connectivity index (χ3n) is 5.67. The monoisotopic (exact) mass is 433 g/mol. The summed E-state index contributed by atoms with van der Waals surface area (Å²) < 4.78 is 38.2. The van der Waals surface area contributed by atoms with Crippen LogP contribution in [0, 0.1) is 13.8 Å². The Hall–Kier alpha value is -3.31. The van der Waals surface area contributed by atoms with Gasteiger partial charge in [-0.2, -0.15) is 23.5 Å². The van der Waals surface area contributed by atoms with Crippen molar-refractivity contribution in [1.82, 2.24) is 35.8 Å². The topological polar surface area (TPSA) is 99.6 Å². The highest BCUT2D eigenvalue weighted by Crippen LogP contribution is 2.31. The number of piperazine rings is 1. The van der Waals surface area contributed by atoms with Gasteiger partial charge in [-0.3, -0.25) is 0 Å². The van der Waals surface area contributed by atoms with Crippen molar-refractivity contribution in [3.63, 3.8) is 0 Å². The fourth-order valence-corrected chi connectivity index (χ4v) is 3.69. The number of alkyl halides is 3. The molecule has 0 saturated carbocycles. The summed E-state index contributed by atoms with van der Waals surface area (Å²) >= 11 is 0. The Morgan fingerprint density at radius 1 is 0.968 bits per heavy atom. The molecule has 1 aliphatic rings. The smallest absolute Gasteiger partial charge is 0.353 e. The Bertz CT molecular complexity index is 1030. The predicted octanol–water partition coefficient (Wildman–Crippen LogP) is 2.50. The van der Waals surface area contributed by atoms with Crippen LogP contribution in [0.2, 0.25) is 0 Å². The number of halogens is 3. The number of pyridine rings is 1. The molecule has 3 aromatic heterocycles. The molecule has 4 heterocycles. The number of nitrogens with one attached hydrogen (secondary N) is 1. The third-order valence-corrected chi connectivity index (χ3v) is 5.67. The number of hydrogen-bond acceptors (Lipinski definition) is 8. The minimum absolute atomic E-state index is 0.137. The molecule has 1 fully saturated rings. The normalized spacial score (nSPS) is 15.9. The Balaban J connectivity index is 1.46. The van der Waals surface area contributed by atoms with Gasteiger partial charge in [-0.1, -0.05) is 5.21 Å². The van der Waals surface area contributed by atoms with Gasteiger partial charge in [-0.05, 0) is 44.0 Å². The molecule has 1 unspecified atom stereocenters. The van der Waals surface area contributed by atoms with Crippen LogP contribution in [0.1, 0.15) is 41.1 Å². The molecule has 3 aromatic rings. The van der Waals surface area contributed by atoms with Crippen molar-refractivity contribution in [2.24, 2.45) is 0 Å². The van der Waals surface area contributed by atoms with Crippen LogP contribution in [-0.2, 0) is 6.18 Å². The zero-order valence-corrected chi connectivity index (χ0v) is 17.3. The number of rotatable bonds is 4. The lowest BCUT2D eigenvalue weighted by Gasteiger charge is -2.36. The SMILES string of the molecule is Cc1c(C(C)c2nn[nH]n2)nnc(N2CCN(c3ccc(C(F)(F)F)cn3)CC2)c1C. The number of tetrazole rings is 1. The van der Waals surface area contributed by atoms with Crippen molar-refractivity contribution in [2.45, 2.75) is 32.9 Å². The van der Waals surface area contributed by atoms with E-state index in [-0.39, 0.29) is 5.92 Å². The van der Waals surface area contributed by atoms with Crippen molar-refractivity contribution < 1.29 is 13.2 Å². The second-order valence-corrected chi connectivity index (χ2v) is 7.53. The summed E-state index contributed by atoms with van der Waals surface area (Å²) in [5, 5.41) is 23.0. The van der Waals surface area contributed by atoms with E-state index in [4.69, 9.17) is 0 Å². The van der Waals surface area contributed by atoms with Gasteiger partial charge in [0, 0.05) is 32.4 Å². The fourth-order valence-electron chi connectivity index (χ4n) is 3.69. The van der Waals surface area contributed by atoms with E-state index in [1.165, 1.54) is 6.07 Å². The molecule has 12 heteroatoms. The number of aromatic amines is 1. The number of aromatic nitrogens is 7. The lowest BCUT2D eigenvalue weighted by atomic mass is 9.99. The molecular weight excluding hydrogens is 411 g/mol. The minimum atomic E-state index is -4.38. The highest BCUT2D eigenvalue weighted by Gasteiger charge is 2.31. The van der Waals surface area contributed by atoms with Crippen LogP contribution in [0.15, 0.2) is 18.3 Å². The van der Waals surface area contributed by atoms with E-state index in [9.17, 15) is 13.2 Å². The summed E-state index contributed by atoms with van der Waals surface area (Å²) in [7, 11) is 0. The summed E-state index contributed by atoms with van der Waals surface area (Å²) in [4.78, 5) is 8.10. The van der Waals surface area contributed by atoms with Crippen LogP contribution in [0.5, 0.6) is 0 Å². The second kappa shape index (κ2) is 8.08. The van der Waals surface area contributed by atoms with Gasteiger partial charge in [-0.15, -0.1) is 15.3 Å². The molecule has 0 radical (unpaired) electrons. The van der Waals surface area contributed by atoms with Gasteiger partial charge in [0.05, 0.1) is 17.2 Å². The number of nitrogens with zero attached hydrogens (tertiary/aromatic N) is 8. The standard InChI is InChI=1S/C19H22F3N9/c1-11-12(2)18(27-24-16(11)13(3)17-25-28-29-26-17)31-8-6-30(7-9-31)15-5-4-14(10-23-15)19(20,21)22/h4-5,10,13H,6-9H2,1-3H3,(H,25,26,28,29). The summed E-state index contributed by atoms with van der Waals surface area (Å²) in [6.45, 7) is 8.54. The molecule has 0 amide bonds. The lowest BCUT2D eigenvalue weighted by molar-refractivity contribution is -0.137. The van der Waals surface area contributed by atoms with E-state index in [1.807, 2.05) is 25.7 Å². The van der Waals surface area contributed by atoms with E-state index in [1.54, 1.807) is 0 Å². The summed E-state index contributed by atoms with van der Waals surface area (Å²) in [6, 6.07) is 2.49. The Kier molecular flexibility index (Phi) is 5.46. The lowest BCUT2D eigenvalue weighted by Crippen LogP contribution is -2.47. The third kappa shape index (κ3) is 4.14. The van der Waals surface area contributed by atoms with Gasteiger partial charge >= 0.3 is 6.18 Å². The molecule has 1 aliphatic heterocycles. The zero-order valence-electron chi connectivity index (χ0n) is 17.3. The summed E-state index contributed by atoms with van der Waals surface area (Å²) in [5.41, 5.74) is 2.11. The van der Waals surface area contributed by atoms with Gasteiger partial charge in [0.2, 0.25) is 0 Å². The molecular formula is C19H22F3N9. The first kappa shape index (κ1) is 20.9. The molecule has 31 heavy (non-hydrogen) atoms. The van der Waals surface area contributed by atoms with Gasteiger partial charge in [-0.25, -0.2) is 4.98 Å². The number of hydrogen-bond donors (Lipinski definition) is 1. The van der Waals surface area contributed by atoms with Crippen molar-refractivity contribution in [1.29, 1.82) is 0 Å². The maximum Gasteiger partial charge on any atom is 0.417 e. The largest absolute Gasteiger partial charge is 0.417 e. The molecule has 0 spiro atoms. The van der Waals surface area contributed by atoms with E-state index in [0.29, 0.717) is 37.8 Å². The molecule has 0 aliphatic carbocycles. The number of H-pyrrole nitrogens is 1. The maximum atomic E-state index is 12.7. The van der Waals surface area contributed by atoms with E-state index < -0.39 is 11.7 Å². The van der Waals surface area contributed by atoms with Crippen molar-refractivity contribution >= 4 is 11.6 Å². The first-order valence-electron chi connectivity index (χ1n) is 9.86. The van der Waals surface area contributed by atoms with Gasteiger partial charge in [0.1, 0.15) is 5.82 Å². The molecule has 1 saturated heterocycles. The van der Waals surface area contributed by atoms with Crippen molar-refractivity contribution in [3.8, 4) is 0 Å². The fraction of sp³-hybridized carbons (Fsp3) is 0.474. The van der Waals surface area contributed by atoms with Crippen LogP contribution < -0.4 is 9.80 Å². The summed E-state index contributed by atoms with van der Waals surface area (Å²) in [5.74, 6) is 1.77. The Morgan fingerprint density at radius 3 is 2.26 bits per heavy atom. The molecule has 1 atom stereocenters. The predicted molar refractivity (Wildman–Crippen MR) is 107 cm³/mol. The first-order chi connectivity index (χ1) is 14.8. The Morgan fingerprint density at radius 2 is 1.68 bits per heavy atom. The van der Waals surface area contributed by atoms with Crippen LogP contribution in [0.25, 0.3) is 0 Å². The average Bonchev–Trinajstić information content (AvgIpc) is 3.30. The van der Waals surface area contributed by atoms with Gasteiger partial charge < -0.3 is 9.80 Å². The van der Waals surface area contributed by atoms with Gasteiger partial charge in [0.25, 0.3) is 0 Å². The zero-order chi connectivity index (χ0) is 22.2. The van der Waals surface area contributed by atoms with E-state index >= 15 is 0 Å². The first-order valence-corrected chi connectivity index (χ1v) is 9.86. The Labute approximate surface area is 176 Å². The molecule has 164 valence electrons.